The maximum Gasteiger partial charge on any atom is 0.331 e. The van der Waals surface area contributed by atoms with Crippen LogP contribution in [0.25, 0.3) is 0 Å². The minimum absolute atomic E-state index is 0.196. The van der Waals surface area contributed by atoms with Crippen LogP contribution in [0.1, 0.15) is 19.3 Å². The Morgan fingerprint density at radius 1 is 1.69 bits per heavy atom. The van der Waals surface area contributed by atoms with Crippen LogP contribution in [0.2, 0.25) is 0 Å². The van der Waals surface area contributed by atoms with Crippen LogP contribution in [-0.2, 0) is 9.53 Å². The van der Waals surface area contributed by atoms with Gasteiger partial charge in [0.2, 0.25) is 0 Å². The minimum atomic E-state index is -0.233. The smallest absolute Gasteiger partial charge is 0.331 e. The molecule has 2 rings (SSSR count). The number of hydrogen-bond donors (Lipinski definition) is 0. The molecule has 0 aromatic carbocycles. The summed E-state index contributed by atoms with van der Waals surface area (Å²) in [6.45, 7) is 0. The lowest BCUT2D eigenvalue weighted by molar-refractivity contribution is -0.141. The van der Waals surface area contributed by atoms with Gasteiger partial charge in [-0.05, 0) is 25.2 Å². The SMILES string of the molecule is COC(=O)[C@@H]1CSC(CC2CC2)=N1. The van der Waals surface area contributed by atoms with Gasteiger partial charge in [-0.1, -0.05) is 0 Å². The van der Waals surface area contributed by atoms with Crippen molar-refractivity contribution in [2.75, 3.05) is 12.9 Å². The van der Waals surface area contributed by atoms with E-state index in [1.807, 2.05) is 0 Å². The molecule has 0 spiro atoms. The molecule has 0 radical (unpaired) electrons. The first kappa shape index (κ1) is 9.06. The molecule has 4 heteroatoms. The van der Waals surface area contributed by atoms with Crippen LogP contribution < -0.4 is 0 Å². The topological polar surface area (TPSA) is 38.7 Å². The van der Waals surface area contributed by atoms with Crippen molar-refractivity contribution in [2.24, 2.45) is 10.9 Å². The van der Waals surface area contributed by atoms with Crippen molar-refractivity contribution in [3.63, 3.8) is 0 Å². The molecule has 2 aliphatic rings. The highest BCUT2D eigenvalue weighted by Crippen LogP contribution is 2.36. The molecule has 0 aromatic heterocycles. The van der Waals surface area contributed by atoms with Gasteiger partial charge in [-0.15, -0.1) is 11.8 Å². The normalized spacial score (nSPS) is 27.2. The number of aliphatic imine (C=N–C) groups is 1. The van der Waals surface area contributed by atoms with E-state index in [1.165, 1.54) is 20.0 Å². The molecular formula is C9H13NO2S. The first-order valence-corrected chi connectivity index (χ1v) is 5.55. The molecular weight excluding hydrogens is 186 g/mol. The Balaban J connectivity index is 1.88. The van der Waals surface area contributed by atoms with Gasteiger partial charge < -0.3 is 4.74 Å². The van der Waals surface area contributed by atoms with Crippen LogP contribution in [-0.4, -0.2) is 29.9 Å². The van der Waals surface area contributed by atoms with Gasteiger partial charge >= 0.3 is 5.97 Å². The molecule has 1 heterocycles. The van der Waals surface area contributed by atoms with Gasteiger partial charge in [-0.25, -0.2) is 4.79 Å². The number of nitrogens with zero attached hydrogens (tertiary/aromatic N) is 1. The molecule has 0 aromatic rings. The first-order valence-electron chi connectivity index (χ1n) is 4.57. The van der Waals surface area contributed by atoms with Crippen LogP contribution in [0, 0.1) is 5.92 Å². The quantitative estimate of drug-likeness (QED) is 0.646. The van der Waals surface area contributed by atoms with Crippen LogP contribution in [0.5, 0.6) is 0 Å². The fourth-order valence-corrected chi connectivity index (χ4v) is 2.48. The van der Waals surface area contributed by atoms with E-state index in [2.05, 4.69) is 9.73 Å². The molecule has 1 saturated carbocycles. The maximum atomic E-state index is 11.1. The fourth-order valence-electron chi connectivity index (χ4n) is 1.36. The van der Waals surface area contributed by atoms with Crippen molar-refractivity contribution in [1.29, 1.82) is 0 Å². The van der Waals surface area contributed by atoms with Crippen molar-refractivity contribution in [1.82, 2.24) is 0 Å². The zero-order chi connectivity index (χ0) is 9.26. The van der Waals surface area contributed by atoms with E-state index >= 15 is 0 Å². The van der Waals surface area contributed by atoms with E-state index in [-0.39, 0.29) is 12.0 Å². The largest absolute Gasteiger partial charge is 0.467 e. The van der Waals surface area contributed by atoms with Gasteiger partial charge in [-0.2, -0.15) is 0 Å². The Bertz CT molecular complexity index is 248. The molecule has 0 bridgehead atoms. The first-order chi connectivity index (χ1) is 6.29. The summed E-state index contributed by atoms with van der Waals surface area (Å²) in [4.78, 5) is 15.5. The third-order valence-corrected chi connectivity index (χ3v) is 3.43. The van der Waals surface area contributed by atoms with E-state index < -0.39 is 0 Å². The Labute approximate surface area is 81.9 Å². The number of thioether (sulfide) groups is 1. The maximum absolute atomic E-state index is 11.1. The van der Waals surface area contributed by atoms with E-state index in [9.17, 15) is 4.79 Å². The summed E-state index contributed by atoms with van der Waals surface area (Å²) in [5.74, 6) is 1.43. The van der Waals surface area contributed by atoms with Crippen LogP contribution >= 0.6 is 11.8 Å². The van der Waals surface area contributed by atoms with Gasteiger partial charge in [0.15, 0.2) is 6.04 Å². The number of rotatable bonds is 3. The van der Waals surface area contributed by atoms with Crippen molar-refractivity contribution in [3.05, 3.63) is 0 Å². The second kappa shape index (κ2) is 3.70. The summed E-state index contributed by atoms with van der Waals surface area (Å²) in [5.41, 5.74) is 0. The summed E-state index contributed by atoms with van der Waals surface area (Å²) >= 11 is 1.71. The highest BCUT2D eigenvalue weighted by Gasteiger charge is 2.29. The second-order valence-electron chi connectivity index (χ2n) is 3.52. The number of carbonyl (C=O) groups excluding carboxylic acids is 1. The average molecular weight is 199 g/mol. The van der Waals surface area contributed by atoms with Crippen molar-refractivity contribution < 1.29 is 9.53 Å². The highest BCUT2D eigenvalue weighted by atomic mass is 32.2. The Kier molecular flexibility index (Phi) is 2.58. The summed E-state index contributed by atoms with van der Waals surface area (Å²) < 4.78 is 4.64. The molecule has 3 nitrogen and oxygen atoms in total. The number of hydrogen-bond acceptors (Lipinski definition) is 4. The number of methoxy groups -OCH3 is 1. The fraction of sp³-hybridized carbons (Fsp3) is 0.778. The number of ether oxygens (including phenoxy) is 1. The van der Waals surface area contributed by atoms with Crippen LogP contribution in [0.4, 0.5) is 0 Å². The van der Waals surface area contributed by atoms with Crippen molar-refractivity contribution in [3.8, 4) is 0 Å². The standard InChI is InChI=1S/C9H13NO2S/c1-12-9(11)7-5-13-8(10-7)4-6-2-3-6/h6-7H,2-5H2,1H3/t7-/m0/s1. The van der Waals surface area contributed by atoms with Gasteiger partial charge in [0.25, 0.3) is 0 Å². The second-order valence-corrected chi connectivity index (χ2v) is 4.61. The van der Waals surface area contributed by atoms with E-state index in [0.717, 1.165) is 23.1 Å². The third-order valence-electron chi connectivity index (χ3n) is 2.34. The lowest BCUT2D eigenvalue weighted by Gasteiger charge is -2.00. The lowest BCUT2D eigenvalue weighted by atomic mass is 10.3. The summed E-state index contributed by atoms with van der Waals surface area (Å²) in [6, 6.07) is -0.233. The molecule has 0 amide bonds. The monoisotopic (exact) mass is 199 g/mol. The predicted octanol–water partition coefficient (Wildman–Crippen LogP) is 1.47. The number of carbonyl (C=O) groups is 1. The molecule has 0 unspecified atom stereocenters. The molecule has 0 saturated heterocycles. The van der Waals surface area contributed by atoms with Crippen LogP contribution in [0.15, 0.2) is 4.99 Å². The number of esters is 1. The van der Waals surface area contributed by atoms with Crippen molar-refractivity contribution in [2.45, 2.75) is 25.3 Å². The lowest BCUT2D eigenvalue weighted by Crippen LogP contribution is -2.19. The summed E-state index contributed by atoms with van der Waals surface area (Å²) in [7, 11) is 1.42. The molecule has 13 heavy (non-hydrogen) atoms. The summed E-state index contributed by atoms with van der Waals surface area (Å²) in [5, 5.41) is 1.15. The van der Waals surface area contributed by atoms with E-state index in [0.29, 0.717) is 0 Å². The average Bonchev–Trinajstić information content (AvgIpc) is 2.81. The zero-order valence-corrected chi connectivity index (χ0v) is 8.47. The van der Waals surface area contributed by atoms with Crippen molar-refractivity contribution >= 4 is 22.8 Å². The Morgan fingerprint density at radius 3 is 3.08 bits per heavy atom. The molecule has 1 fully saturated rings. The van der Waals surface area contributed by atoms with Gasteiger partial charge in [0, 0.05) is 5.75 Å². The van der Waals surface area contributed by atoms with E-state index in [4.69, 9.17) is 0 Å². The van der Waals surface area contributed by atoms with Gasteiger partial charge in [-0.3, -0.25) is 4.99 Å². The Morgan fingerprint density at radius 2 is 2.46 bits per heavy atom. The third kappa shape index (κ3) is 2.24. The van der Waals surface area contributed by atoms with Gasteiger partial charge in [0.1, 0.15) is 0 Å². The Hall–Kier alpha value is -0.510. The predicted molar refractivity (Wildman–Crippen MR) is 53.0 cm³/mol. The molecule has 0 N–H and O–H groups in total. The molecule has 1 atom stereocenters. The van der Waals surface area contributed by atoms with E-state index in [1.54, 1.807) is 11.8 Å². The molecule has 1 aliphatic heterocycles. The van der Waals surface area contributed by atoms with Crippen LogP contribution in [0.3, 0.4) is 0 Å². The molecule has 72 valence electrons. The minimum Gasteiger partial charge on any atom is -0.467 e. The molecule has 1 aliphatic carbocycles. The van der Waals surface area contributed by atoms with Gasteiger partial charge in [0.05, 0.1) is 12.2 Å². The zero-order valence-electron chi connectivity index (χ0n) is 7.66. The summed E-state index contributed by atoms with van der Waals surface area (Å²) in [6.07, 6.45) is 3.75. The highest BCUT2D eigenvalue weighted by molar-refractivity contribution is 8.14.